The third-order valence-electron chi connectivity index (χ3n) is 3.28. The third-order valence-corrected chi connectivity index (χ3v) is 3.95. The van der Waals surface area contributed by atoms with Gasteiger partial charge in [0.25, 0.3) is 0 Å². The minimum absolute atomic E-state index is 0.0458. The molecule has 0 aliphatic carbocycles. The number of aliphatic carboxylic acids is 1. The Morgan fingerprint density at radius 3 is 2.13 bits per heavy atom. The summed E-state index contributed by atoms with van der Waals surface area (Å²) in [5, 5.41) is 9.32. The molecule has 1 unspecified atom stereocenters. The van der Waals surface area contributed by atoms with Gasteiger partial charge in [-0.3, -0.25) is 4.79 Å². The van der Waals surface area contributed by atoms with Gasteiger partial charge in [-0.2, -0.15) is 12.8 Å². The molecule has 0 radical (unpaired) electrons. The van der Waals surface area contributed by atoms with Gasteiger partial charge >= 0.3 is 16.5 Å². The van der Waals surface area contributed by atoms with Crippen LogP contribution in [-0.2, 0) is 28.1 Å². The number of benzene rings is 2. The third kappa shape index (κ3) is 5.50. The second kappa shape index (κ2) is 7.89. The smallest absolute Gasteiger partial charge is 0.311 e. The number of halogens is 1. The van der Waals surface area contributed by atoms with E-state index in [2.05, 4.69) is 4.36 Å². The van der Waals surface area contributed by atoms with Crippen LogP contribution in [0.5, 0.6) is 0 Å². The number of carbonyl (C=O) groups is 1. The van der Waals surface area contributed by atoms with Crippen LogP contribution in [-0.4, -0.2) is 19.5 Å². The van der Waals surface area contributed by atoms with E-state index in [1.54, 1.807) is 48.5 Å². The molecule has 0 heterocycles. The second-order valence-corrected chi connectivity index (χ2v) is 6.06. The summed E-state index contributed by atoms with van der Waals surface area (Å²) in [5.41, 5.74) is 2.30. The lowest BCUT2D eigenvalue weighted by atomic mass is 9.98. The van der Waals surface area contributed by atoms with Crippen LogP contribution in [0.15, 0.2) is 52.9 Å². The molecule has 2 aromatic rings. The number of nitrogens with zero attached hydrogens (tertiary/aromatic N) is 1. The highest BCUT2D eigenvalue weighted by Crippen LogP contribution is 2.24. The van der Waals surface area contributed by atoms with Gasteiger partial charge in [0.15, 0.2) is 0 Å². The highest BCUT2D eigenvalue weighted by atomic mass is 35.5. The topological polar surface area (TPSA) is 83.8 Å². The summed E-state index contributed by atoms with van der Waals surface area (Å²) in [6.45, 7) is 0. The maximum Gasteiger partial charge on any atom is 0.311 e. The molecule has 2 rings (SSSR count). The monoisotopic (exact) mass is 351 g/mol. The van der Waals surface area contributed by atoms with Crippen LogP contribution in [0.1, 0.15) is 22.7 Å². The molecular formula is C16H14ClNO4S. The Morgan fingerprint density at radius 1 is 1.04 bits per heavy atom. The van der Waals surface area contributed by atoms with Gasteiger partial charge in [0.2, 0.25) is 0 Å². The summed E-state index contributed by atoms with van der Waals surface area (Å²) in [5.74, 6) is -0.895. The lowest BCUT2D eigenvalue weighted by Crippen LogP contribution is -2.02. The largest absolute Gasteiger partial charge is 0.481 e. The number of carboxylic acid groups (broad SMARTS) is 1. The first-order valence-corrected chi connectivity index (χ1v) is 8.20. The van der Waals surface area contributed by atoms with Crippen LogP contribution >= 0.6 is 11.6 Å². The molecule has 0 bridgehead atoms. The lowest BCUT2D eigenvalue weighted by Gasteiger charge is -2.11. The van der Waals surface area contributed by atoms with Crippen LogP contribution in [0.4, 0.5) is 0 Å². The molecule has 2 aromatic carbocycles. The van der Waals surface area contributed by atoms with Crippen molar-refractivity contribution < 1.29 is 18.3 Å². The molecule has 0 aliphatic rings. The molecular weight excluding hydrogens is 338 g/mol. The van der Waals surface area contributed by atoms with Crippen molar-refractivity contribution in [3.63, 3.8) is 0 Å². The molecule has 1 atom stereocenters. The zero-order valence-electron chi connectivity index (χ0n) is 12.0. The second-order valence-electron chi connectivity index (χ2n) is 4.98. The Balaban J connectivity index is 2.22. The van der Waals surface area contributed by atoms with E-state index in [0.717, 1.165) is 11.1 Å². The normalized spacial score (nSPS) is 11.7. The Morgan fingerprint density at radius 2 is 1.61 bits per heavy atom. The van der Waals surface area contributed by atoms with Gasteiger partial charge in [0.05, 0.1) is 12.5 Å². The molecule has 0 aliphatic heterocycles. The van der Waals surface area contributed by atoms with Crippen molar-refractivity contribution in [3.8, 4) is 0 Å². The minimum atomic E-state index is -2.52. The zero-order valence-corrected chi connectivity index (χ0v) is 13.6. The summed E-state index contributed by atoms with van der Waals surface area (Å²) < 4.78 is 25.6. The first kappa shape index (κ1) is 17.2. The molecule has 0 spiro atoms. The van der Waals surface area contributed by atoms with Crippen molar-refractivity contribution in [3.05, 3.63) is 70.2 Å². The van der Waals surface area contributed by atoms with E-state index >= 15 is 0 Å². The van der Waals surface area contributed by atoms with Crippen molar-refractivity contribution in [2.24, 2.45) is 4.36 Å². The number of hydrogen-bond acceptors (Lipinski definition) is 4. The maximum absolute atomic E-state index is 11.0. The fourth-order valence-corrected chi connectivity index (χ4v) is 2.73. The first-order valence-electron chi connectivity index (χ1n) is 6.79. The van der Waals surface area contributed by atoms with Crippen molar-refractivity contribution in [1.29, 1.82) is 0 Å². The Kier molecular flexibility index (Phi) is 5.90. The van der Waals surface area contributed by atoms with Crippen LogP contribution in [0, 0.1) is 0 Å². The predicted octanol–water partition coefficient (Wildman–Crippen LogP) is 3.31. The van der Waals surface area contributed by atoms with Crippen molar-refractivity contribution >= 4 is 28.1 Å². The molecule has 23 heavy (non-hydrogen) atoms. The fraction of sp³-hybridized carbons (Fsp3) is 0.188. The Labute approximate surface area is 140 Å². The maximum atomic E-state index is 11.0. The predicted molar refractivity (Wildman–Crippen MR) is 87.0 cm³/mol. The average Bonchev–Trinajstić information content (AvgIpc) is 2.48. The summed E-state index contributed by atoms with van der Waals surface area (Å²) >= 11 is 5.84. The van der Waals surface area contributed by atoms with E-state index in [1.807, 2.05) is 0 Å². The van der Waals surface area contributed by atoms with Gasteiger partial charge in [-0.1, -0.05) is 48.0 Å². The molecule has 0 amide bonds. The van der Waals surface area contributed by atoms with E-state index in [-0.39, 0.29) is 6.42 Å². The number of carboxylic acids is 1. The SMILES string of the molecule is O=C(O)Cc1ccc(CC(N=S(=O)=O)c2ccc(Cl)cc2)cc1. The summed E-state index contributed by atoms with van der Waals surface area (Å²) in [6.07, 6.45) is 0.346. The zero-order chi connectivity index (χ0) is 16.8. The summed E-state index contributed by atoms with van der Waals surface area (Å²) in [7, 11) is -2.52. The van der Waals surface area contributed by atoms with Crippen molar-refractivity contribution in [2.75, 3.05) is 0 Å². The van der Waals surface area contributed by atoms with Crippen LogP contribution in [0.3, 0.4) is 0 Å². The summed E-state index contributed by atoms with van der Waals surface area (Å²) in [6, 6.07) is 13.3. The van der Waals surface area contributed by atoms with E-state index in [9.17, 15) is 13.2 Å². The first-order chi connectivity index (χ1) is 10.9. The van der Waals surface area contributed by atoms with Crippen LogP contribution in [0.25, 0.3) is 0 Å². The highest BCUT2D eigenvalue weighted by molar-refractivity contribution is 7.61. The van der Waals surface area contributed by atoms with Gasteiger partial charge in [-0.05, 0) is 28.8 Å². The standard InChI is InChI=1S/C16H14ClNO4S/c17-14-7-5-13(6-8-14)15(18-23(21)22)9-11-1-3-12(4-2-11)10-16(19)20/h1-8,15H,9-10H2,(H,19,20). The quantitative estimate of drug-likeness (QED) is 0.865. The number of rotatable bonds is 6. The van der Waals surface area contributed by atoms with Crippen LogP contribution in [0.2, 0.25) is 5.02 Å². The molecule has 5 nitrogen and oxygen atoms in total. The Bertz CT molecular complexity index is 806. The molecule has 0 fully saturated rings. The van der Waals surface area contributed by atoms with E-state index in [0.29, 0.717) is 17.0 Å². The molecule has 0 aromatic heterocycles. The molecule has 1 N–H and O–H groups in total. The lowest BCUT2D eigenvalue weighted by molar-refractivity contribution is -0.136. The molecule has 0 saturated carbocycles. The molecule has 0 saturated heterocycles. The summed E-state index contributed by atoms with van der Waals surface area (Å²) in [4.78, 5) is 10.7. The van der Waals surface area contributed by atoms with Crippen molar-refractivity contribution in [1.82, 2.24) is 0 Å². The fourth-order valence-electron chi connectivity index (χ4n) is 2.20. The van der Waals surface area contributed by atoms with Gasteiger partial charge in [-0.15, -0.1) is 0 Å². The van der Waals surface area contributed by atoms with Gasteiger partial charge < -0.3 is 5.11 Å². The van der Waals surface area contributed by atoms with E-state index < -0.39 is 22.5 Å². The minimum Gasteiger partial charge on any atom is -0.481 e. The number of hydrogen-bond donors (Lipinski definition) is 1. The van der Waals surface area contributed by atoms with E-state index in [1.165, 1.54) is 0 Å². The average molecular weight is 352 g/mol. The Hall–Kier alpha value is -2.18. The van der Waals surface area contributed by atoms with Crippen molar-refractivity contribution in [2.45, 2.75) is 18.9 Å². The van der Waals surface area contributed by atoms with Crippen LogP contribution < -0.4 is 0 Å². The highest BCUT2D eigenvalue weighted by Gasteiger charge is 2.12. The molecule has 120 valence electrons. The molecule has 7 heteroatoms. The van der Waals surface area contributed by atoms with Gasteiger partial charge in [0.1, 0.15) is 0 Å². The van der Waals surface area contributed by atoms with Gasteiger partial charge in [-0.25, -0.2) is 0 Å². The van der Waals surface area contributed by atoms with Gasteiger partial charge in [0, 0.05) is 11.4 Å². The van der Waals surface area contributed by atoms with E-state index in [4.69, 9.17) is 16.7 Å².